The lowest BCUT2D eigenvalue weighted by Gasteiger charge is -2.30. The molecule has 0 bridgehead atoms. The number of hydrogen-bond acceptors (Lipinski definition) is 4. The Morgan fingerprint density at radius 1 is 0.413 bits per heavy atom. The third-order valence-corrected chi connectivity index (χ3v) is 10.3. The highest BCUT2D eigenvalue weighted by molar-refractivity contribution is 6.41. The third kappa shape index (κ3) is 3.76. The summed E-state index contributed by atoms with van der Waals surface area (Å²) in [4.78, 5) is 57.9. The van der Waals surface area contributed by atoms with Crippen molar-refractivity contribution in [1.82, 2.24) is 9.80 Å². The zero-order valence-electron chi connectivity index (χ0n) is 25.2. The van der Waals surface area contributed by atoms with Gasteiger partial charge in [-0.25, -0.2) is 0 Å². The lowest BCUT2D eigenvalue weighted by Crippen LogP contribution is -2.41. The van der Waals surface area contributed by atoms with Gasteiger partial charge in [-0.15, -0.1) is 0 Å². The van der Waals surface area contributed by atoms with E-state index in [1.54, 1.807) is 0 Å². The van der Waals surface area contributed by atoms with Gasteiger partial charge in [0.15, 0.2) is 0 Å². The van der Waals surface area contributed by atoms with Crippen molar-refractivity contribution in [3.63, 3.8) is 0 Å². The average Bonchev–Trinajstić information content (AvgIpc) is 3.80. The molecule has 224 valence electrons. The van der Waals surface area contributed by atoms with Gasteiger partial charge in [0, 0.05) is 46.1 Å². The fraction of sp³-hybridized carbons (Fsp3) is 0.200. The normalized spacial score (nSPS) is 17.7. The van der Waals surface area contributed by atoms with Crippen LogP contribution >= 0.6 is 0 Å². The number of carbonyl (C=O) groups excluding carboxylic acids is 4. The van der Waals surface area contributed by atoms with E-state index in [-0.39, 0.29) is 23.6 Å². The summed E-state index contributed by atoms with van der Waals surface area (Å²) in [7, 11) is 0. The molecule has 0 unspecified atom stereocenters. The van der Waals surface area contributed by atoms with Gasteiger partial charge >= 0.3 is 0 Å². The summed E-state index contributed by atoms with van der Waals surface area (Å²) in [5.74, 6) is -0.333. The molecule has 0 N–H and O–H groups in total. The molecule has 2 heterocycles. The van der Waals surface area contributed by atoms with Gasteiger partial charge < -0.3 is 0 Å². The molecular formula is C40H30N2O4. The van der Waals surface area contributed by atoms with E-state index in [1.165, 1.54) is 9.80 Å². The Hall–Kier alpha value is -5.36. The van der Waals surface area contributed by atoms with Crippen LogP contribution in [0.25, 0.3) is 43.1 Å². The van der Waals surface area contributed by atoms with Gasteiger partial charge in [0.25, 0.3) is 23.6 Å². The topological polar surface area (TPSA) is 74.8 Å². The largest absolute Gasteiger partial charge is 0.274 e. The Morgan fingerprint density at radius 2 is 0.717 bits per heavy atom. The molecule has 0 aromatic heterocycles. The van der Waals surface area contributed by atoms with Gasteiger partial charge in [0.2, 0.25) is 0 Å². The second-order valence-corrected chi connectivity index (χ2v) is 12.8. The minimum Gasteiger partial charge on any atom is -0.274 e. The Kier molecular flexibility index (Phi) is 5.91. The standard InChI is InChI=1S/C40H30N2O4/c43-37-29-17-13-25-27-15-19-31-36-32(40(46)42(39(31)45)22-6-12-24-9-3-4-10-24)20-16-28(34(27)36)26-14-18-30(35(29)33(25)26)38(44)41(37)21-5-11-23-7-1-2-8-23/h1-4,7-10,13-20,23-24H,5-6,11-12,21-22H2. The van der Waals surface area contributed by atoms with Crippen LogP contribution in [0.3, 0.4) is 0 Å². The fourth-order valence-corrected chi connectivity index (χ4v) is 8.08. The molecule has 5 aromatic rings. The minimum absolute atomic E-state index is 0.258. The summed E-state index contributed by atoms with van der Waals surface area (Å²) < 4.78 is 0. The second-order valence-electron chi connectivity index (χ2n) is 12.8. The lowest BCUT2D eigenvalue weighted by molar-refractivity contribution is 0.0592. The predicted octanol–water partition coefficient (Wildman–Crippen LogP) is 7.97. The summed E-state index contributed by atoms with van der Waals surface area (Å²) in [6.45, 7) is 0.753. The third-order valence-electron chi connectivity index (χ3n) is 10.3. The van der Waals surface area contributed by atoms with Crippen molar-refractivity contribution in [1.29, 1.82) is 0 Å². The van der Waals surface area contributed by atoms with Crippen LogP contribution in [0.2, 0.25) is 0 Å². The molecule has 2 aliphatic carbocycles. The van der Waals surface area contributed by atoms with Crippen molar-refractivity contribution in [3.05, 3.63) is 119 Å². The molecule has 0 saturated carbocycles. The number of benzene rings is 5. The Balaban J connectivity index is 1.13. The van der Waals surface area contributed by atoms with Crippen molar-refractivity contribution < 1.29 is 19.2 Å². The van der Waals surface area contributed by atoms with Crippen LogP contribution in [0.15, 0.2) is 97.1 Å². The second kappa shape index (κ2) is 10.1. The fourth-order valence-electron chi connectivity index (χ4n) is 8.08. The van der Waals surface area contributed by atoms with Crippen LogP contribution in [-0.2, 0) is 0 Å². The molecule has 9 rings (SSSR count). The summed E-state index contributed by atoms with van der Waals surface area (Å²) >= 11 is 0. The SMILES string of the molecule is O=C1c2ccc3c4ccc5c6c(ccc(c7ccc(c2c37)C(=O)N1CCCC1C=CC=C1)c64)C(=O)N(CCCC1C=CC=C1)C5=O. The molecule has 6 heteroatoms. The van der Waals surface area contributed by atoms with Gasteiger partial charge in [-0.3, -0.25) is 29.0 Å². The number of imide groups is 2. The van der Waals surface area contributed by atoms with Crippen molar-refractivity contribution in [3.8, 4) is 0 Å². The van der Waals surface area contributed by atoms with Crippen LogP contribution < -0.4 is 0 Å². The average molecular weight is 603 g/mol. The molecule has 0 saturated heterocycles. The molecule has 0 atom stereocenters. The van der Waals surface area contributed by atoms with Crippen LogP contribution in [0, 0.1) is 11.8 Å². The summed E-state index contributed by atoms with van der Waals surface area (Å²) in [6, 6.07) is 15.2. The van der Waals surface area contributed by atoms with E-state index >= 15 is 0 Å². The van der Waals surface area contributed by atoms with Gasteiger partial charge in [-0.1, -0.05) is 72.9 Å². The van der Waals surface area contributed by atoms with Crippen molar-refractivity contribution in [2.75, 3.05) is 13.1 Å². The number of nitrogens with zero attached hydrogens (tertiary/aromatic N) is 2. The summed E-state index contributed by atoms with van der Waals surface area (Å²) in [5, 5.41) is 6.73. The highest BCUT2D eigenvalue weighted by atomic mass is 16.2. The van der Waals surface area contributed by atoms with E-state index in [1.807, 2.05) is 72.8 Å². The molecule has 0 fully saturated rings. The van der Waals surface area contributed by atoms with Crippen molar-refractivity contribution in [2.45, 2.75) is 25.7 Å². The zero-order valence-corrected chi connectivity index (χ0v) is 25.2. The first-order valence-electron chi connectivity index (χ1n) is 16.1. The lowest BCUT2D eigenvalue weighted by atomic mass is 9.82. The Labute approximate surface area is 265 Å². The number of carbonyl (C=O) groups is 4. The minimum atomic E-state index is -0.258. The number of amides is 4. The highest BCUT2D eigenvalue weighted by Crippen LogP contribution is 2.46. The molecule has 46 heavy (non-hydrogen) atoms. The van der Waals surface area contributed by atoms with Crippen molar-refractivity contribution >= 4 is 66.7 Å². The van der Waals surface area contributed by atoms with Crippen LogP contribution in [0.1, 0.15) is 67.1 Å². The summed E-state index contributed by atoms with van der Waals surface area (Å²) in [6.07, 6.45) is 19.9. The van der Waals surface area contributed by atoms with E-state index in [0.29, 0.717) is 58.0 Å². The number of hydrogen-bond donors (Lipinski definition) is 0. The van der Waals surface area contributed by atoms with E-state index in [0.717, 1.165) is 58.0 Å². The molecule has 0 radical (unpaired) electrons. The van der Waals surface area contributed by atoms with E-state index in [9.17, 15) is 19.2 Å². The quantitative estimate of drug-likeness (QED) is 0.103. The van der Waals surface area contributed by atoms with Gasteiger partial charge in [0.05, 0.1) is 0 Å². The van der Waals surface area contributed by atoms with Crippen LogP contribution in [0.5, 0.6) is 0 Å². The predicted molar refractivity (Wildman–Crippen MR) is 180 cm³/mol. The van der Waals surface area contributed by atoms with Crippen LogP contribution in [-0.4, -0.2) is 46.5 Å². The maximum Gasteiger partial charge on any atom is 0.261 e. The monoisotopic (exact) mass is 602 g/mol. The molecule has 2 aliphatic heterocycles. The number of fused-ring (bicyclic) bond motifs is 2. The number of rotatable bonds is 8. The van der Waals surface area contributed by atoms with E-state index < -0.39 is 0 Å². The first-order valence-corrected chi connectivity index (χ1v) is 16.1. The van der Waals surface area contributed by atoms with Gasteiger partial charge in [-0.2, -0.15) is 0 Å². The molecule has 6 nitrogen and oxygen atoms in total. The molecular weight excluding hydrogens is 572 g/mol. The van der Waals surface area contributed by atoms with E-state index in [4.69, 9.17) is 0 Å². The Morgan fingerprint density at radius 3 is 1.02 bits per heavy atom. The maximum absolute atomic E-state index is 13.8. The highest BCUT2D eigenvalue weighted by Gasteiger charge is 2.36. The number of allylic oxidation sites excluding steroid dienone is 8. The Bertz CT molecular complexity index is 2020. The van der Waals surface area contributed by atoms with Gasteiger partial charge in [0.1, 0.15) is 0 Å². The first kappa shape index (κ1) is 27.0. The van der Waals surface area contributed by atoms with Crippen molar-refractivity contribution in [2.24, 2.45) is 11.8 Å². The van der Waals surface area contributed by atoms with Gasteiger partial charge in [-0.05, 0) is 94.1 Å². The van der Waals surface area contributed by atoms with E-state index in [2.05, 4.69) is 24.3 Å². The molecule has 4 amide bonds. The summed E-state index contributed by atoms with van der Waals surface area (Å²) in [5.41, 5.74) is 2.15. The smallest absolute Gasteiger partial charge is 0.261 e. The van der Waals surface area contributed by atoms with Crippen LogP contribution in [0.4, 0.5) is 0 Å². The molecule has 5 aromatic carbocycles. The first-order chi connectivity index (χ1) is 22.5. The molecule has 0 spiro atoms. The zero-order chi connectivity index (χ0) is 31.1. The molecule has 4 aliphatic rings. The maximum atomic E-state index is 13.8.